The lowest BCUT2D eigenvalue weighted by Crippen LogP contribution is -2.10. The van der Waals surface area contributed by atoms with E-state index >= 15 is 0 Å². The zero-order valence-electron chi connectivity index (χ0n) is 14.0. The smallest absolute Gasteiger partial charge is 0.163 e. The summed E-state index contributed by atoms with van der Waals surface area (Å²) >= 11 is 0. The topological polar surface area (TPSA) is 21.5 Å². The minimum atomic E-state index is 0.819. The fraction of sp³-hybridized carbons (Fsp3) is 0.500. The zero-order valence-corrected chi connectivity index (χ0v) is 14.0. The molecule has 0 unspecified atom stereocenters. The summed E-state index contributed by atoms with van der Waals surface area (Å²) in [6, 6.07) is 6.00. The van der Waals surface area contributed by atoms with Crippen molar-refractivity contribution in [3.05, 3.63) is 29.8 Å². The summed E-state index contributed by atoms with van der Waals surface area (Å²) in [4.78, 5) is 0. The Bertz CT molecular complexity index is 498. The second kappa shape index (κ2) is 9.22. The average molecular weight is 290 g/mol. The normalized spacial score (nSPS) is 11.2. The first-order valence-corrected chi connectivity index (χ1v) is 7.70. The van der Waals surface area contributed by atoms with E-state index in [1.807, 2.05) is 12.1 Å². The van der Waals surface area contributed by atoms with Crippen LogP contribution in [0.5, 0.6) is 11.5 Å². The van der Waals surface area contributed by atoms with Crippen molar-refractivity contribution < 1.29 is 14.0 Å². The molecule has 0 aromatic heterocycles. The van der Waals surface area contributed by atoms with Crippen LogP contribution in [0.2, 0.25) is 0 Å². The van der Waals surface area contributed by atoms with Crippen molar-refractivity contribution in [2.45, 2.75) is 33.6 Å². The molecule has 0 N–H and O–H groups in total. The van der Waals surface area contributed by atoms with Crippen molar-refractivity contribution in [3.63, 3.8) is 0 Å². The number of benzene rings is 1. The summed E-state index contributed by atoms with van der Waals surface area (Å²) in [7, 11) is 3.38. The third-order valence-electron chi connectivity index (χ3n) is 3.57. The first kappa shape index (κ1) is 17.3. The molecule has 1 aromatic carbocycles. The lowest BCUT2D eigenvalue weighted by molar-refractivity contribution is -0.515. The lowest BCUT2D eigenvalue weighted by atomic mass is 10.00. The highest BCUT2D eigenvalue weighted by atomic mass is 16.5. The molecular formula is C18H28NO2+. The predicted octanol–water partition coefficient (Wildman–Crippen LogP) is 4.01. The van der Waals surface area contributed by atoms with E-state index in [1.54, 1.807) is 14.2 Å². The molecule has 1 aromatic rings. The maximum absolute atomic E-state index is 5.53. The van der Waals surface area contributed by atoms with Crippen LogP contribution in [0.4, 0.5) is 0 Å². The summed E-state index contributed by atoms with van der Waals surface area (Å²) < 4.78 is 13.1. The fourth-order valence-electron chi connectivity index (χ4n) is 2.27. The standard InChI is InChI=1S/C18H28NO2/c1-6-9-15(12-13-19(7-2)8-3)17-11-10-16(20-4)14-18(17)21-5/h10-14H,6-9H2,1-5H3/q+1/b15-12+. The van der Waals surface area contributed by atoms with Crippen LogP contribution in [0.3, 0.4) is 0 Å². The Hall–Kier alpha value is -1.77. The van der Waals surface area contributed by atoms with Gasteiger partial charge in [0.1, 0.15) is 24.6 Å². The molecule has 3 nitrogen and oxygen atoms in total. The quantitative estimate of drug-likeness (QED) is 0.533. The Morgan fingerprint density at radius 1 is 1.10 bits per heavy atom. The highest BCUT2D eigenvalue weighted by Crippen LogP contribution is 2.32. The van der Waals surface area contributed by atoms with Crippen molar-refractivity contribution >= 4 is 11.8 Å². The summed E-state index contributed by atoms with van der Waals surface area (Å²) in [6.45, 7) is 8.57. The van der Waals surface area contributed by atoms with E-state index in [0.29, 0.717) is 0 Å². The molecule has 0 saturated carbocycles. The number of hydrogen-bond donors (Lipinski definition) is 0. The van der Waals surface area contributed by atoms with E-state index in [9.17, 15) is 0 Å². The van der Waals surface area contributed by atoms with Crippen LogP contribution in [0.15, 0.2) is 24.3 Å². The highest BCUT2D eigenvalue weighted by Gasteiger charge is 2.10. The number of hydrogen-bond acceptors (Lipinski definition) is 2. The molecule has 3 heteroatoms. The number of allylic oxidation sites excluding steroid dienone is 2. The van der Waals surface area contributed by atoms with Gasteiger partial charge in [-0.3, -0.25) is 0 Å². The largest absolute Gasteiger partial charge is 0.497 e. The van der Waals surface area contributed by atoms with Crippen molar-refractivity contribution in [3.8, 4) is 11.5 Å². The van der Waals surface area contributed by atoms with Crippen molar-refractivity contribution in [2.75, 3.05) is 27.3 Å². The van der Waals surface area contributed by atoms with E-state index in [1.165, 1.54) is 5.57 Å². The van der Waals surface area contributed by atoms with E-state index in [0.717, 1.165) is 43.0 Å². The van der Waals surface area contributed by atoms with Gasteiger partial charge in [0.25, 0.3) is 0 Å². The molecule has 1 rings (SSSR count). The predicted molar refractivity (Wildman–Crippen MR) is 89.8 cm³/mol. The van der Waals surface area contributed by atoms with Crippen molar-refractivity contribution in [2.24, 2.45) is 0 Å². The Labute approximate surface area is 128 Å². The number of ether oxygens (including phenoxy) is 2. The van der Waals surface area contributed by atoms with Gasteiger partial charge in [0.05, 0.1) is 14.2 Å². The van der Waals surface area contributed by atoms with Gasteiger partial charge in [0, 0.05) is 17.7 Å². The van der Waals surface area contributed by atoms with E-state index < -0.39 is 0 Å². The Morgan fingerprint density at radius 2 is 1.81 bits per heavy atom. The molecule has 0 atom stereocenters. The van der Waals surface area contributed by atoms with Gasteiger partial charge < -0.3 is 9.47 Å². The van der Waals surface area contributed by atoms with Gasteiger partial charge in [-0.05, 0) is 38.0 Å². The Balaban J connectivity index is 3.22. The van der Waals surface area contributed by atoms with Crippen LogP contribution in [-0.2, 0) is 0 Å². The monoisotopic (exact) mass is 290 g/mol. The third-order valence-corrected chi connectivity index (χ3v) is 3.57. The van der Waals surface area contributed by atoms with Gasteiger partial charge in [0.2, 0.25) is 0 Å². The highest BCUT2D eigenvalue weighted by molar-refractivity contribution is 5.84. The van der Waals surface area contributed by atoms with Gasteiger partial charge in [-0.1, -0.05) is 13.3 Å². The van der Waals surface area contributed by atoms with Gasteiger partial charge in [-0.15, -0.1) is 0 Å². The van der Waals surface area contributed by atoms with Crippen LogP contribution in [0.25, 0.3) is 5.57 Å². The van der Waals surface area contributed by atoms with E-state index in [-0.39, 0.29) is 0 Å². The van der Waals surface area contributed by atoms with E-state index in [4.69, 9.17) is 9.47 Å². The molecule has 0 bridgehead atoms. The van der Waals surface area contributed by atoms with Crippen LogP contribution in [0.1, 0.15) is 39.2 Å². The summed E-state index contributed by atoms with van der Waals surface area (Å²) in [5, 5.41) is 0. The van der Waals surface area contributed by atoms with Crippen molar-refractivity contribution in [1.82, 2.24) is 0 Å². The molecule has 0 aliphatic heterocycles. The van der Waals surface area contributed by atoms with Gasteiger partial charge in [0.15, 0.2) is 6.21 Å². The van der Waals surface area contributed by atoms with Crippen LogP contribution < -0.4 is 9.47 Å². The molecule has 0 aliphatic rings. The molecule has 0 saturated heterocycles. The van der Waals surface area contributed by atoms with Gasteiger partial charge >= 0.3 is 0 Å². The minimum absolute atomic E-state index is 0.819. The SMILES string of the molecule is CCC/C(=C\C=[N+](CC)CC)c1ccc(OC)cc1OC. The van der Waals surface area contributed by atoms with Crippen LogP contribution in [0, 0.1) is 0 Å². The fourth-order valence-corrected chi connectivity index (χ4v) is 2.27. The minimum Gasteiger partial charge on any atom is -0.497 e. The molecule has 0 heterocycles. The van der Waals surface area contributed by atoms with Crippen LogP contribution in [-0.4, -0.2) is 38.1 Å². The molecule has 0 spiro atoms. The number of methoxy groups -OCH3 is 2. The lowest BCUT2D eigenvalue weighted by Gasteiger charge is -2.12. The third kappa shape index (κ3) is 4.92. The number of nitrogens with zero attached hydrogens (tertiary/aromatic N) is 1. The van der Waals surface area contributed by atoms with Crippen LogP contribution >= 0.6 is 0 Å². The summed E-state index contributed by atoms with van der Waals surface area (Å²) in [5.74, 6) is 1.68. The average Bonchev–Trinajstić information content (AvgIpc) is 2.54. The maximum atomic E-state index is 5.53. The first-order chi connectivity index (χ1) is 10.2. The summed E-state index contributed by atoms with van der Waals surface area (Å²) in [6.07, 6.45) is 6.52. The molecule has 0 fully saturated rings. The maximum Gasteiger partial charge on any atom is 0.163 e. The van der Waals surface area contributed by atoms with Gasteiger partial charge in [-0.2, -0.15) is 0 Å². The van der Waals surface area contributed by atoms with Gasteiger partial charge in [-0.25, -0.2) is 4.58 Å². The van der Waals surface area contributed by atoms with E-state index in [2.05, 4.69) is 43.7 Å². The molecular weight excluding hydrogens is 262 g/mol. The molecule has 0 radical (unpaired) electrons. The Kier molecular flexibility index (Phi) is 7.59. The second-order valence-electron chi connectivity index (χ2n) is 4.88. The van der Waals surface area contributed by atoms with Crippen molar-refractivity contribution in [1.29, 1.82) is 0 Å². The molecule has 0 amide bonds. The molecule has 0 aliphatic carbocycles. The molecule has 21 heavy (non-hydrogen) atoms. The Morgan fingerprint density at radius 3 is 2.33 bits per heavy atom. The molecule has 116 valence electrons. The summed E-state index contributed by atoms with van der Waals surface area (Å²) in [5.41, 5.74) is 2.44. The second-order valence-corrected chi connectivity index (χ2v) is 4.88. The number of rotatable bonds is 8. The first-order valence-electron chi connectivity index (χ1n) is 7.70. The zero-order chi connectivity index (χ0) is 15.7.